The largest absolute Gasteiger partial charge is 0.299 e. The molecule has 104 valence electrons. The summed E-state index contributed by atoms with van der Waals surface area (Å²) in [5.41, 5.74) is 2.28. The summed E-state index contributed by atoms with van der Waals surface area (Å²) in [7, 11) is -2.88. The van der Waals surface area contributed by atoms with E-state index < -0.39 is 9.84 Å². The zero-order valence-corrected chi connectivity index (χ0v) is 12.1. The molecule has 0 spiro atoms. The van der Waals surface area contributed by atoms with Gasteiger partial charge in [0.1, 0.15) is 5.78 Å². The molecule has 2 rings (SSSR count). The van der Waals surface area contributed by atoms with Crippen molar-refractivity contribution in [2.24, 2.45) is 5.92 Å². The Morgan fingerprint density at radius 2 is 1.84 bits per heavy atom. The van der Waals surface area contributed by atoms with Crippen LogP contribution in [0.25, 0.3) is 0 Å². The van der Waals surface area contributed by atoms with Crippen LogP contribution in [0.2, 0.25) is 0 Å². The highest BCUT2D eigenvalue weighted by Gasteiger charge is 2.29. The Morgan fingerprint density at radius 1 is 1.21 bits per heavy atom. The van der Waals surface area contributed by atoms with Crippen molar-refractivity contribution < 1.29 is 13.2 Å². The predicted molar refractivity (Wildman–Crippen MR) is 75.9 cm³/mol. The highest BCUT2D eigenvalue weighted by atomic mass is 32.2. The highest BCUT2D eigenvalue weighted by molar-refractivity contribution is 7.91. The average Bonchev–Trinajstić information content (AvgIpc) is 2.69. The molecular formula is C15H20O3S. The molecule has 0 amide bonds. The van der Waals surface area contributed by atoms with E-state index in [9.17, 15) is 13.2 Å². The van der Waals surface area contributed by atoms with Crippen molar-refractivity contribution in [3.8, 4) is 0 Å². The summed E-state index contributed by atoms with van der Waals surface area (Å²) in [5, 5.41) is 0. The molecule has 1 aliphatic rings. The van der Waals surface area contributed by atoms with E-state index in [1.807, 2.05) is 24.3 Å². The highest BCUT2D eigenvalue weighted by Crippen LogP contribution is 2.22. The van der Waals surface area contributed by atoms with E-state index in [0.29, 0.717) is 19.3 Å². The molecule has 1 aromatic rings. The van der Waals surface area contributed by atoms with Crippen LogP contribution in [0.3, 0.4) is 0 Å². The zero-order chi connectivity index (χ0) is 13.9. The monoisotopic (exact) mass is 280 g/mol. The van der Waals surface area contributed by atoms with Gasteiger partial charge in [-0.15, -0.1) is 0 Å². The molecule has 0 N–H and O–H groups in total. The van der Waals surface area contributed by atoms with Crippen LogP contribution in [-0.2, 0) is 27.5 Å². The maximum absolute atomic E-state index is 11.9. The fourth-order valence-electron chi connectivity index (χ4n) is 2.55. The number of sulfone groups is 1. The molecule has 1 unspecified atom stereocenters. The van der Waals surface area contributed by atoms with E-state index in [1.54, 1.807) is 0 Å². The number of rotatable bonds is 5. The summed E-state index contributed by atoms with van der Waals surface area (Å²) in [5.74, 6) is 0.614. The minimum absolute atomic E-state index is 0.0346. The first kappa shape index (κ1) is 14.3. The van der Waals surface area contributed by atoms with Crippen molar-refractivity contribution in [1.82, 2.24) is 0 Å². The van der Waals surface area contributed by atoms with Gasteiger partial charge in [0.05, 0.1) is 11.5 Å². The lowest BCUT2D eigenvalue weighted by atomic mass is 9.97. The Hall–Kier alpha value is -1.16. The summed E-state index contributed by atoms with van der Waals surface area (Å²) >= 11 is 0. The number of carbonyl (C=O) groups is 1. The predicted octanol–water partition coefficient (Wildman–Crippen LogP) is 2.19. The van der Waals surface area contributed by atoms with E-state index in [2.05, 4.69) is 6.92 Å². The van der Waals surface area contributed by atoms with E-state index >= 15 is 0 Å². The minimum Gasteiger partial charge on any atom is -0.299 e. The molecule has 0 saturated carbocycles. The molecule has 0 aliphatic carbocycles. The summed E-state index contributed by atoms with van der Waals surface area (Å²) in [6.45, 7) is 2.10. The van der Waals surface area contributed by atoms with Gasteiger partial charge in [-0.25, -0.2) is 8.42 Å². The van der Waals surface area contributed by atoms with Gasteiger partial charge >= 0.3 is 0 Å². The second-order valence-electron chi connectivity index (χ2n) is 5.36. The van der Waals surface area contributed by atoms with Crippen molar-refractivity contribution in [2.75, 3.05) is 11.5 Å². The minimum atomic E-state index is -2.88. The molecule has 4 heteroatoms. The first-order chi connectivity index (χ1) is 8.98. The zero-order valence-electron chi connectivity index (χ0n) is 11.3. The average molecular weight is 280 g/mol. The third kappa shape index (κ3) is 4.16. The van der Waals surface area contributed by atoms with Gasteiger partial charge in [0.15, 0.2) is 9.84 Å². The van der Waals surface area contributed by atoms with Crippen molar-refractivity contribution in [1.29, 1.82) is 0 Å². The molecule has 1 atom stereocenters. The van der Waals surface area contributed by atoms with Crippen molar-refractivity contribution in [3.63, 3.8) is 0 Å². The van der Waals surface area contributed by atoms with Gasteiger partial charge in [-0.05, 0) is 29.9 Å². The van der Waals surface area contributed by atoms with Crippen LogP contribution in [0, 0.1) is 5.92 Å². The first-order valence-electron chi connectivity index (χ1n) is 6.78. The molecule has 1 saturated heterocycles. The quantitative estimate of drug-likeness (QED) is 0.830. The molecule has 0 bridgehead atoms. The van der Waals surface area contributed by atoms with Crippen LogP contribution in [0.4, 0.5) is 0 Å². The molecule has 1 fully saturated rings. The number of benzene rings is 1. The van der Waals surface area contributed by atoms with Crippen LogP contribution in [-0.4, -0.2) is 25.7 Å². The van der Waals surface area contributed by atoms with Crippen LogP contribution >= 0.6 is 0 Å². The lowest BCUT2D eigenvalue weighted by Crippen LogP contribution is -2.12. The van der Waals surface area contributed by atoms with Gasteiger partial charge in [-0.3, -0.25) is 4.79 Å². The summed E-state index contributed by atoms with van der Waals surface area (Å²) in [6.07, 6.45) is 2.45. The van der Waals surface area contributed by atoms with Crippen molar-refractivity contribution in [2.45, 2.75) is 32.6 Å². The number of hydrogen-bond acceptors (Lipinski definition) is 3. The van der Waals surface area contributed by atoms with E-state index in [0.717, 1.165) is 12.0 Å². The molecule has 3 nitrogen and oxygen atoms in total. The summed E-state index contributed by atoms with van der Waals surface area (Å²) in [6, 6.07) is 8.07. The number of carbonyl (C=O) groups excluding carboxylic acids is 1. The first-order valence-corrected chi connectivity index (χ1v) is 8.60. The van der Waals surface area contributed by atoms with Gasteiger partial charge in [-0.1, -0.05) is 31.2 Å². The fraction of sp³-hybridized carbons (Fsp3) is 0.533. The maximum Gasteiger partial charge on any atom is 0.150 e. The van der Waals surface area contributed by atoms with Crippen LogP contribution in [0.15, 0.2) is 24.3 Å². The molecule has 0 radical (unpaired) electrons. The number of aryl methyl sites for hydroxylation is 1. The molecule has 1 aromatic carbocycles. The van der Waals surface area contributed by atoms with Gasteiger partial charge < -0.3 is 0 Å². The Morgan fingerprint density at radius 3 is 2.37 bits per heavy atom. The molecule has 0 aromatic heterocycles. The van der Waals surface area contributed by atoms with Crippen LogP contribution < -0.4 is 0 Å². The van der Waals surface area contributed by atoms with Gasteiger partial charge in [0, 0.05) is 12.8 Å². The van der Waals surface area contributed by atoms with Crippen LogP contribution in [0.1, 0.15) is 30.9 Å². The smallest absolute Gasteiger partial charge is 0.150 e. The lowest BCUT2D eigenvalue weighted by molar-refractivity contribution is -0.119. The number of Topliss-reactive ketones (excluding diaryl/α,β-unsaturated/α-hetero) is 1. The SMILES string of the molecule is CCc1ccc(CC(=O)CC2CCS(=O)(=O)C2)cc1. The van der Waals surface area contributed by atoms with Crippen molar-refractivity contribution >= 4 is 15.6 Å². The molecular weight excluding hydrogens is 260 g/mol. The standard InChI is InChI=1S/C15H20O3S/c1-2-12-3-5-13(6-4-12)9-15(16)10-14-7-8-19(17,18)11-14/h3-6,14H,2,7-11H2,1H3. The third-order valence-electron chi connectivity index (χ3n) is 3.68. The van der Waals surface area contributed by atoms with Gasteiger partial charge in [0.25, 0.3) is 0 Å². The summed E-state index contributed by atoms with van der Waals surface area (Å²) < 4.78 is 22.7. The Kier molecular flexibility index (Phi) is 4.40. The lowest BCUT2D eigenvalue weighted by Gasteiger charge is -2.07. The fourth-order valence-corrected chi connectivity index (χ4v) is 4.41. The van der Waals surface area contributed by atoms with E-state index in [4.69, 9.17) is 0 Å². The van der Waals surface area contributed by atoms with Crippen molar-refractivity contribution in [3.05, 3.63) is 35.4 Å². The third-order valence-corrected chi connectivity index (χ3v) is 5.51. The second kappa shape index (κ2) is 5.87. The topological polar surface area (TPSA) is 51.2 Å². The number of ketones is 1. The van der Waals surface area contributed by atoms with Crippen LogP contribution in [0.5, 0.6) is 0 Å². The maximum atomic E-state index is 11.9. The summed E-state index contributed by atoms with van der Waals surface area (Å²) in [4.78, 5) is 11.9. The second-order valence-corrected chi connectivity index (χ2v) is 7.59. The number of hydrogen-bond donors (Lipinski definition) is 0. The van der Waals surface area contributed by atoms with E-state index in [-0.39, 0.29) is 23.2 Å². The normalized spacial score (nSPS) is 21.4. The molecule has 19 heavy (non-hydrogen) atoms. The Labute approximate surface area is 114 Å². The Balaban J connectivity index is 1.87. The Bertz CT molecular complexity index is 543. The molecule has 1 heterocycles. The molecule has 1 aliphatic heterocycles. The van der Waals surface area contributed by atoms with Gasteiger partial charge in [-0.2, -0.15) is 0 Å². The van der Waals surface area contributed by atoms with E-state index in [1.165, 1.54) is 5.56 Å². The van der Waals surface area contributed by atoms with Gasteiger partial charge in [0.2, 0.25) is 0 Å².